The normalized spacial score (nSPS) is 11.8. The lowest BCUT2D eigenvalue weighted by Gasteiger charge is -2.22. The first-order valence-electron chi connectivity index (χ1n) is 9.26. The second kappa shape index (κ2) is 8.13. The van der Waals surface area contributed by atoms with Crippen molar-refractivity contribution in [3.63, 3.8) is 0 Å². The number of likely N-dealkylation sites (N-methyl/N-ethyl adjacent to an activating group) is 1. The van der Waals surface area contributed by atoms with E-state index in [4.69, 9.17) is 10.5 Å². The Morgan fingerprint density at radius 1 is 1.07 bits per heavy atom. The van der Waals surface area contributed by atoms with Crippen LogP contribution in [0.5, 0.6) is 5.75 Å². The van der Waals surface area contributed by atoms with Crippen molar-refractivity contribution in [2.24, 2.45) is 5.73 Å². The van der Waals surface area contributed by atoms with Gasteiger partial charge in [-0.1, -0.05) is 42.5 Å². The van der Waals surface area contributed by atoms with Gasteiger partial charge in [0.25, 0.3) is 5.91 Å². The van der Waals surface area contributed by atoms with Crippen molar-refractivity contribution in [2.45, 2.75) is 20.0 Å². The third-order valence-electron chi connectivity index (χ3n) is 4.83. The summed E-state index contributed by atoms with van der Waals surface area (Å²) in [5, 5.41) is 2.02. The van der Waals surface area contributed by atoms with Crippen molar-refractivity contribution >= 4 is 22.6 Å². The van der Waals surface area contributed by atoms with Crippen LogP contribution in [-0.2, 0) is 4.79 Å². The molecule has 28 heavy (non-hydrogen) atoms. The highest BCUT2D eigenvalue weighted by Crippen LogP contribution is 2.38. The van der Waals surface area contributed by atoms with Gasteiger partial charge in [-0.25, -0.2) is 0 Å². The molecule has 2 N–H and O–H groups in total. The predicted octanol–water partition coefficient (Wildman–Crippen LogP) is 3.85. The predicted molar refractivity (Wildman–Crippen MR) is 111 cm³/mol. The number of rotatable bonds is 6. The summed E-state index contributed by atoms with van der Waals surface area (Å²) in [5.74, 6) is 0.0100. The quantitative estimate of drug-likeness (QED) is 0.710. The summed E-state index contributed by atoms with van der Waals surface area (Å²) in [5.41, 5.74) is 7.53. The zero-order chi connectivity index (χ0) is 20.3. The molecule has 0 aliphatic rings. The van der Waals surface area contributed by atoms with E-state index in [0.29, 0.717) is 17.9 Å². The number of primary amides is 1. The van der Waals surface area contributed by atoms with E-state index >= 15 is 0 Å². The Morgan fingerprint density at radius 3 is 2.54 bits per heavy atom. The number of carbonyl (C=O) groups excluding carboxylic acids is 2. The van der Waals surface area contributed by atoms with Gasteiger partial charge in [0.1, 0.15) is 5.75 Å². The van der Waals surface area contributed by atoms with Crippen molar-refractivity contribution in [1.29, 1.82) is 0 Å². The van der Waals surface area contributed by atoms with Crippen LogP contribution in [-0.4, -0.2) is 36.4 Å². The summed E-state index contributed by atoms with van der Waals surface area (Å²) in [4.78, 5) is 25.7. The summed E-state index contributed by atoms with van der Waals surface area (Å²) in [6.45, 7) is 4.27. The summed E-state index contributed by atoms with van der Waals surface area (Å²) < 4.78 is 6.09. The molecule has 144 valence electrons. The SMILES string of the molecule is CCN(C)C(=O)C(C)Oc1ccc2ccccc2c1-c1cccc(C(N)=O)c1. The van der Waals surface area contributed by atoms with Crippen LogP contribution in [0.4, 0.5) is 0 Å². The van der Waals surface area contributed by atoms with Crippen LogP contribution >= 0.6 is 0 Å². The number of hydrogen-bond acceptors (Lipinski definition) is 3. The smallest absolute Gasteiger partial charge is 0.263 e. The maximum absolute atomic E-state index is 12.5. The molecule has 5 heteroatoms. The fourth-order valence-corrected chi connectivity index (χ4v) is 3.18. The zero-order valence-electron chi connectivity index (χ0n) is 16.3. The van der Waals surface area contributed by atoms with Crippen LogP contribution in [0.3, 0.4) is 0 Å². The highest BCUT2D eigenvalue weighted by molar-refractivity contribution is 6.01. The fraction of sp³-hybridized carbons (Fsp3) is 0.217. The number of nitrogens with zero attached hydrogens (tertiary/aromatic N) is 1. The van der Waals surface area contributed by atoms with Crippen LogP contribution < -0.4 is 10.5 Å². The molecule has 5 nitrogen and oxygen atoms in total. The second-order valence-corrected chi connectivity index (χ2v) is 6.72. The number of ether oxygens (including phenoxy) is 1. The number of hydrogen-bond donors (Lipinski definition) is 1. The van der Waals surface area contributed by atoms with Crippen molar-refractivity contribution < 1.29 is 14.3 Å². The summed E-state index contributed by atoms with van der Waals surface area (Å²) >= 11 is 0. The number of carbonyl (C=O) groups is 2. The van der Waals surface area contributed by atoms with E-state index in [0.717, 1.165) is 21.9 Å². The summed E-state index contributed by atoms with van der Waals surface area (Å²) in [6.07, 6.45) is -0.635. The van der Waals surface area contributed by atoms with E-state index in [1.807, 2.05) is 49.4 Å². The minimum atomic E-state index is -0.635. The van der Waals surface area contributed by atoms with E-state index in [2.05, 4.69) is 0 Å². The molecule has 0 aliphatic carbocycles. The Morgan fingerprint density at radius 2 is 1.82 bits per heavy atom. The van der Waals surface area contributed by atoms with Gasteiger partial charge in [0, 0.05) is 24.7 Å². The molecule has 0 fully saturated rings. The molecule has 3 aromatic rings. The molecular weight excluding hydrogens is 352 g/mol. The van der Waals surface area contributed by atoms with Gasteiger partial charge in [-0.15, -0.1) is 0 Å². The topological polar surface area (TPSA) is 72.6 Å². The Hall–Kier alpha value is -3.34. The Labute approximate surface area is 164 Å². The number of nitrogens with two attached hydrogens (primary N) is 1. The number of fused-ring (bicyclic) bond motifs is 1. The molecular formula is C23H24N2O3. The van der Waals surface area contributed by atoms with Crippen LogP contribution in [0.15, 0.2) is 60.7 Å². The number of amides is 2. The van der Waals surface area contributed by atoms with Gasteiger partial charge >= 0.3 is 0 Å². The minimum absolute atomic E-state index is 0.0903. The summed E-state index contributed by atoms with van der Waals surface area (Å²) in [7, 11) is 1.75. The minimum Gasteiger partial charge on any atom is -0.480 e. The molecule has 0 spiro atoms. The standard InChI is InChI=1S/C23H24N2O3/c1-4-25(3)23(27)15(2)28-20-13-12-16-8-5-6-11-19(16)21(20)17-9-7-10-18(14-17)22(24)26/h5-15H,4H2,1-3H3,(H2,24,26). The first-order chi connectivity index (χ1) is 13.4. The third kappa shape index (κ3) is 3.83. The maximum Gasteiger partial charge on any atom is 0.263 e. The monoisotopic (exact) mass is 376 g/mol. The third-order valence-corrected chi connectivity index (χ3v) is 4.83. The van der Waals surface area contributed by atoms with Crippen LogP contribution in [0.2, 0.25) is 0 Å². The van der Waals surface area contributed by atoms with Crippen molar-refractivity contribution in [2.75, 3.05) is 13.6 Å². The lowest BCUT2D eigenvalue weighted by molar-refractivity contribution is -0.136. The summed E-state index contributed by atoms with van der Waals surface area (Å²) in [6, 6.07) is 18.9. The van der Waals surface area contributed by atoms with Crippen molar-refractivity contribution in [3.05, 3.63) is 66.2 Å². The molecule has 2 amide bonds. The van der Waals surface area contributed by atoms with Crippen LogP contribution in [0.25, 0.3) is 21.9 Å². The first kappa shape index (κ1) is 19.4. The molecule has 0 saturated heterocycles. The first-order valence-corrected chi connectivity index (χ1v) is 9.26. The Bertz CT molecular complexity index is 1030. The highest BCUT2D eigenvalue weighted by Gasteiger charge is 2.21. The average Bonchev–Trinajstić information content (AvgIpc) is 2.72. The largest absolute Gasteiger partial charge is 0.480 e. The molecule has 0 bridgehead atoms. The molecule has 3 aromatic carbocycles. The van der Waals surface area contributed by atoms with Gasteiger partial charge in [-0.05, 0) is 48.4 Å². The van der Waals surface area contributed by atoms with E-state index in [1.165, 1.54) is 0 Å². The maximum atomic E-state index is 12.5. The average molecular weight is 376 g/mol. The van der Waals surface area contributed by atoms with Crippen LogP contribution in [0, 0.1) is 0 Å². The molecule has 0 aromatic heterocycles. The van der Waals surface area contributed by atoms with E-state index < -0.39 is 12.0 Å². The van der Waals surface area contributed by atoms with Crippen molar-refractivity contribution in [3.8, 4) is 16.9 Å². The van der Waals surface area contributed by atoms with Gasteiger partial charge in [-0.3, -0.25) is 9.59 Å². The van der Waals surface area contributed by atoms with Gasteiger partial charge in [-0.2, -0.15) is 0 Å². The zero-order valence-corrected chi connectivity index (χ0v) is 16.3. The van der Waals surface area contributed by atoms with Gasteiger partial charge in [0.05, 0.1) is 0 Å². The van der Waals surface area contributed by atoms with Gasteiger partial charge in [0.2, 0.25) is 5.91 Å². The number of benzene rings is 3. The van der Waals surface area contributed by atoms with Gasteiger partial charge < -0.3 is 15.4 Å². The van der Waals surface area contributed by atoms with Gasteiger partial charge in [0.15, 0.2) is 6.10 Å². The fourth-order valence-electron chi connectivity index (χ4n) is 3.18. The lowest BCUT2D eigenvalue weighted by atomic mass is 9.95. The Balaban J connectivity index is 2.14. The van der Waals surface area contributed by atoms with Crippen LogP contribution in [0.1, 0.15) is 24.2 Å². The van der Waals surface area contributed by atoms with E-state index in [9.17, 15) is 9.59 Å². The Kier molecular flexibility index (Phi) is 5.64. The second-order valence-electron chi connectivity index (χ2n) is 6.72. The highest BCUT2D eigenvalue weighted by atomic mass is 16.5. The molecule has 1 atom stereocenters. The molecule has 0 saturated carbocycles. The van der Waals surface area contributed by atoms with E-state index in [1.54, 1.807) is 37.1 Å². The molecule has 1 unspecified atom stereocenters. The lowest BCUT2D eigenvalue weighted by Crippen LogP contribution is -2.37. The van der Waals surface area contributed by atoms with E-state index in [-0.39, 0.29) is 5.91 Å². The molecule has 3 rings (SSSR count). The molecule has 0 radical (unpaired) electrons. The molecule has 0 heterocycles. The molecule has 0 aliphatic heterocycles. The van der Waals surface area contributed by atoms with Crippen molar-refractivity contribution in [1.82, 2.24) is 4.90 Å².